The highest BCUT2D eigenvalue weighted by atomic mass is 79.9. The predicted octanol–water partition coefficient (Wildman–Crippen LogP) is 6.20. The van der Waals surface area contributed by atoms with Crippen LogP contribution in [0.25, 0.3) is 0 Å². The van der Waals surface area contributed by atoms with E-state index in [0.29, 0.717) is 0 Å². The Morgan fingerprint density at radius 2 is 1.62 bits per heavy atom. The summed E-state index contributed by atoms with van der Waals surface area (Å²) in [4.78, 5) is 28.2. The van der Waals surface area contributed by atoms with Crippen LogP contribution in [0.5, 0.6) is 0 Å². The van der Waals surface area contributed by atoms with Gasteiger partial charge in [0, 0.05) is 17.1 Å². The summed E-state index contributed by atoms with van der Waals surface area (Å²) in [6.45, 7) is 6.63. The normalized spacial score (nSPS) is 12.2. The van der Waals surface area contributed by atoms with Crippen molar-refractivity contribution < 1.29 is 18.0 Å². The van der Waals surface area contributed by atoms with E-state index in [0.717, 1.165) is 19.9 Å². The molecule has 0 aliphatic heterocycles. The van der Waals surface area contributed by atoms with Crippen molar-refractivity contribution >= 4 is 66.7 Å². The first kappa shape index (κ1) is 30.9. The number of rotatable bonds is 10. The van der Waals surface area contributed by atoms with Gasteiger partial charge < -0.3 is 10.2 Å². The van der Waals surface area contributed by atoms with Crippen LogP contribution < -0.4 is 9.62 Å². The van der Waals surface area contributed by atoms with Gasteiger partial charge in [0.2, 0.25) is 11.8 Å². The Labute approximate surface area is 248 Å². The van der Waals surface area contributed by atoms with Gasteiger partial charge in [0.25, 0.3) is 10.0 Å². The smallest absolute Gasteiger partial charge is 0.264 e. The van der Waals surface area contributed by atoms with E-state index in [1.54, 1.807) is 19.1 Å². The molecule has 7 nitrogen and oxygen atoms in total. The number of carbonyl (C=O) groups is 2. The molecule has 39 heavy (non-hydrogen) atoms. The summed E-state index contributed by atoms with van der Waals surface area (Å²) in [5, 5.41) is 3.21. The second-order valence-electron chi connectivity index (χ2n) is 9.41. The third-order valence-corrected chi connectivity index (χ3v) is 8.94. The first-order valence-corrected chi connectivity index (χ1v) is 15.2. The number of halogens is 3. The van der Waals surface area contributed by atoms with Gasteiger partial charge in [-0.15, -0.1) is 0 Å². The molecule has 3 aromatic carbocycles. The average molecular weight is 655 g/mol. The van der Waals surface area contributed by atoms with Crippen LogP contribution in [-0.4, -0.2) is 43.8 Å². The van der Waals surface area contributed by atoms with Gasteiger partial charge in [0.15, 0.2) is 0 Å². The van der Waals surface area contributed by atoms with Gasteiger partial charge in [0.05, 0.1) is 20.6 Å². The molecule has 0 unspecified atom stereocenters. The summed E-state index contributed by atoms with van der Waals surface area (Å²) in [6.07, 6.45) is 0. The molecule has 0 spiro atoms. The molecular weight excluding hydrogens is 625 g/mol. The van der Waals surface area contributed by atoms with Gasteiger partial charge in [-0.05, 0) is 75.7 Å². The van der Waals surface area contributed by atoms with E-state index in [4.69, 9.17) is 23.2 Å². The predicted molar refractivity (Wildman–Crippen MR) is 160 cm³/mol. The number of nitrogens with zero attached hydrogens (tertiary/aromatic N) is 2. The molecule has 11 heteroatoms. The van der Waals surface area contributed by atoms with E-state index < -0.39 is 28.5 Å². The van der Waals surface area contributed by atoms with E-state index in [1.807, 2.05) is 45.0 Å². The Kier molecular flexibility index (Phi) is 10.5. The van der Waals surface area contributed by atoms with Crippen molar-refractivity contribution in [3.8, 4) is 0 Å². The summed E-state index contributed by atoms with van der Waals surface area (Å²) in [5.41, 5.74) is 1.82. The minimum atomic E-state index is -4.20. The lowest BCUT2D eigenvalue weighted by Gasteiger charge is -2.32. The van der Waals surface area contributed by atoms with Crippen LogP contribution in [0.2, 0.25) is 10.0 Å². The molecule has 0 radical (unpaired) electrons. The minimum Gasteiger partial charge on any atom is -0.352 e. The van der Waals surface area contributed by atoms with Crippen LogP contribution in [0.4, 0.5) is 5.69 Å². The van der Waals surface area contributed by atoms with Crippen molar-refractivity contribution in [2.45, 2.75) is 51.2 Å². The van der Waals surface area contributed by atoms with Crippen LogP contribution >= 0.6 is 39.1 Å². The minimum absolute atomic E-state index is 0.0103. The van der Waals surface area contributed by atoms with E-state index in [1.165, 1.54) is 35.2 Å². The topological polar surface area (TPSA) is 86.8 Å². The standard InChI is InChI=1S/C28H30BrCl2N3O4S/c1-18(2)32-28(36)20(4)33(16-21-6-5-7-22(29)14-21)27(35)17-34(23-10-13-25(30)26(31)15-23)39(37,38)24-11-8-19(3)9-12-24/h5-15,18,20H,16-17H2,1-4H3,(H,32,36)/t20-/m0/s1. The zero-order chi connectivity index (χ0) is 28.9. The lowest BCUT2D eigenvalue weighted by Crippen LogP contribution is -2.52. The maximum absolute atomic E-state index is 13.9. The quantitative estimate of drug-likeness (QED) is 0.282. The highest BCUT2D eigenvalue weighted by Gasteiger charge is 2.33. The maximum Gasteiger partial charge on any atom is 0.264 e. The molecule has 0 fully saturated rings. The second-order valence-corrected chi connectivity index (χ2v) is 13.0. The number of nitrogens with one attached hydrogen (secondary N) is 1. The zero-order valence-electron chi connectivity index (χ0n) is 22.0. The molecule has 0 bridgehead atoms. The lowest BCUT2D eigenvalue weighted by atomic mass is 10.1. The lowest BCUT2D eigenvalue weighted by molar-refractivity contribution is -0.139. The number of anilines is 1. The van der Waals surface area contributed by atoms with E-state index in [-0.39, 0.29) is 39.1 Å². The van der Waals surface area contributed by atoms with Crippen molar-refractivity contribution in [3.63, 3.8) is 0 Å². The number of sulfonamides is 1. The van der Waals surface area contributed by atoms with Crippen molar-refractivity contribution in [1.29, 1.82) is 0 Å². The number of aryl methyl sites for hydroxylation is 1. The molecule has 3 aromatic rings. The van der Waals surface area contributed by atoms with Crippen molar-refractivity contribution in [2.24, 2.45) is 0 Å². The van der Waals surface area contributed by atoms with E-state index in [9.17, 15) is 18.0 Å². The molecule has 0 heterocycles. The van der Waals surface area contributed by atoms with Crippen molar-refractivity contribution in [2.75, 3.05) is 10.8 Å². The van der Waals surface area contributed by atoms with Gasteiger partial charge >= 0.3 is 0 Å². The Hall–Kier alpha value is -2.59. The molecule has 1 atom stereocenters. The summed E-state index contributed by atoms with van der Waals surface area (Å²) in [5.74, 6) is -0.918. The zero-order valence-corrected chi connectivity index (χ0v) is 25.9. The summed E-state index contributed by atoms with van der Waals surface area (Å²) >= 11 is 15.8. The molecule has 208 valence electrons. The van der Waals surface area contributed by atoms with Gasteiger partial charge in [-0.2, -0.15) is 0 Å². The SMILES string of the molecule is Cc1ccc(S(=O)(=O)N(CC(=O)N(Cc2cccc(Br)c2)[C@@H](C)C(=O)NC(C)C)c2ccc(Cl)c(Cl)c2)cc1. The summed E-state index contributed by atoms with van der Waals surface area (Å²) in [7, 11) is -4.20. The van der Waals surface area contributed by atoms with Crippen molar-refractivity contribution in [1.82, 2.24) is 10.2 Å². The summed E-state index contributed by atoms with van der Waals surface area (Å²) in [6, 6.07) is 17.0. The first-order chi connectivity index (χ1) is 18.3. The fraction of sp³-hybridized carbons (Fsp3) is 0.286. The molecule has 1 N–H and O–H groups in total. The largest absolute Gasteiger partial charge is 0.352 e. The first-order valence-electron chi connectivity index (χ1n) is 12.2. The van der Waals surface area contributed by atoms with E-state index in [2.05, 4.69) is 21.2 Å². The van der Waals surface area contributed by atoms with Crippen LogP contribution in [0.3, 0.4) is 0 Å². The molecule has 2 amide bonds. The third-order valence-electron chi connectivity index (χ3n) is 5.92. The van der Waals surface area contributed by atoms with Crippen LogP contribution in [0.15, 0.2) is 76.1 Å². The highest BCUT2D eigenvalue weighted by molar-refractivity contribution is 9.10. The van der Waals surface area contributed by atoms with Gasteiger partial charge in [0.1, 0.15) is 12.6 Å². The van der Waals surface area contributed by atoms with Crippen LogP contribution in [-0.2, 0) is 26.2 Å². The highest BCUT2D eigenvalue weighted by Crippen LogP contribution is 2.31. The second kappa shape index (κ2) is 13.2. The fourth-order valence-electron chi connectivity index (χ4n) is 3.83. The maximum atomic E-state index is 13.9. The van der Waals surface area contributed by atoms with Crippen LogP contribution in [0, 0.1) is 6.92 Å². The molecule has 0 aliphatic rings. The third kappa shape index (κ3) is 7.97. The Bertz CT molecular complexity index is 1450. The van der Waals surface area contributed by atoms with Crippen LogP contribution in [0.1, 0.15) is 31.9 Å². The number of carbonyl (C=O) groups excluding carboxylic acids is 2. The number of hydrogen-bond acceptors (Lipinski definition) is 4. The fourth-order valence-corrected chi connectivity index (χ4v) is 5.97. The summed E-state index contributed by atoms with van der Waals surface area (Å²) < 4.78 is 29.5. The molecule has 0 saturated carbocycles. The van der Waals surface area contributed by atoms with Crippen molar-refractivity contribution in [3.05, 3.63) is 92.4 Å². The number of amides is 2. The van der Waals surface area contributed by atoms with Gasteiger partial charge in [-0.25, -0.2) is 8.42 Å². The molecule has 0 aromatic heterocycles. The molecular formula is C28H30BrCl2N3O4S. The molecule has 0 aliphatic carbocycles. The molecule has 3 rings (SSSR count). The van der Waals surface area contributed by atoms with Gasteiger partial charge in [-0.1, -0.05) is 69.0 Å². The Balaban J connectivity index is 2.06. The molecule has 0 saturated heterocycles. The number of hydrogen-bond donors (Lipinski definition) is 1. The average Bonchev–Trinajstić information content (AvgIpc) is 2.87. The Morgan fingerprint density at radius 3 is 2.21 bits per heavy atom. The monoisotopic (exact) mass is 653 g/mol. The number of benzene rings is 3. The Morgan fingerprint density at radius 1 is 0.949 bits per heavy atom. The van der Waals surface area contributed by atoms with E-state index >= 15 is 0 Å². The van der Waals surface area contributed by atoms with Gasteiger partial charge in [-0.3, -0.25) is 13.9 Å².